The van der Waals surface area contributed by atoms with Gasteiger partial charge in [-0.3, -0.25) is 4.79 Å². The fourth-order valence-corrected chi connectivity index (χ4v) is 2.33. The number of nitrogens with one attached hydrogen (secondary N) is 1. The molecule has 0 fully saturated rings. The van der Waals surface area contributed by atoms with Gasteiger partial charge in [0.1, 0.15) is 5.75 Å². The van der Waals surface area contributed by atoms with E-state index in [0.717, 1.165) is 5.56 Å². The summed E-state index contributed by atoms with van der Waals surface area (Å²) in [4.78, 5) is 11.9. The van der Waals surface area contributed by atoms with E-state index in [-0.39, 0.29) is 17.7 Å². The first-order valence-corrected chi connectivity index (χ1v) is 6.88. The number of halogens is 2. The summed E-state index contributed by atoms with van der Waals surface area (Å²) in [5, 5.41) is 6.43. The van der Waals surface area contributed by atoms with E-state index >= 15 is 0 Å². The number of benzene rings is 1. The number of hydrogen-bond donors (Lipinski definition) is 1. The summed E-state index contributed by atoms with van der Waals surface area (Å²) in [6.07, 6.45) is 0. The molecule has 0 aliphatic rings. The number of carbonyl (C=O) groups is 1. The first-order chi connectivity index (χ1) is 9.56. The third-order valence-corrected chi connectivity index (χ3v) is 3.42. The van der Waals surface area contributed by atoms with Crippen molar-refractivity contribution in [2.24, 2.45) is 0 Å². The Hall–Kier alpha value is -1.95. The molecule has 1 unspecified atom stereocenters. The van der Waals surface area contributed by atoms with Crippen LogP contribution in [0.3, 0.4) is 0 Å². The van der Waals surface area contributed by atoms with Gasteiger partial charge in [0.05, 0.1) is 11.6 Å². The maximum absolute atomic E-state index is 12.0. The standard InChI is InChI=1S/C14H13F2NO2S/c1-9(17-13(18)11-6-7-20-8-11)10-2-4-12(5-3-10)19-14(15)16/h2-9,14H,1H3,(H,17,18). The molecule has 2 aromatic rings. The quantitative estimate of drug-likeness (QED) is 0.910. The fraction of sp³-hybridized carbons (Fsp3) is 0.214. The summed E-state index contributed by atoms with van der Waals surface area (Å²) in [5.41, 5.74) is 1.43. The molecule has 1 heterocycles. The van der Waals surface area contributed by atoms with Crippen LogP contribution < -0.4 is 10.1 Å². The van der Waals surface area contributed by atoms with Gasteiger partial charge in [-0.25, -0.2) is 0 Å². The van der Waals surface area contributed by atoms with E-state index in [1.165, 1.54) is 23.5 Å². The second kappa shape index (κ2) is 6.47. The summed E-state index contributed by atoms with van der Waals surface area (Å²) in [7, 11) is 0. The molecule has 0 bridgehead atoms. The molecule has 0 saturated carbocycles. The lowest BCUT2D eigenvalue weighted by Gasteiger charge is -2.14. The second-order valence-electron chi connectivity index (χ2n) is 4.15. The van der Waals surface area contributed by atoms with Crippen molar-refractivity contribution in [3.05, 3.63) is 52.2 Å². The number of amides is 1. The lowest BCUT2D eigenvalue weighted by molar-refractivity contribution is -0.0498. The molecule has 20 heavy (non-hydrogen) atoms. The lowest BCUT2D eigenvalue weighted by atomic mass is 10.1. The Balaban J connectivity index is 1.98. The molecule has 0 spiro atoms. The number of rotatable bonds is 5. The van der Waals surface area contributed by atoms with Gasteiger partial charge in [0.25, 0.3) is 5.91 Å². The van der Waals surface area contributed by atoms with Crippen LogP contribution in [0.15, 0.2) is 41.1 Å². The Morgan fingerprint density at radius 2 is 1.95 bits per heavy atom. The number of alkyl halides is 2. The SMILES string of the molecule is CC(NC(=O)c1ccsc1)c1ccc(OC(F)F)cc1. The molecule has 1 atom stereocenters. The van der Waals surface area contributed by atoms with Crippen LogP contribution >= 0.6 is 11.3 Å². The van der Waals surface area contributed by atoms with E-state index in [1.54, 1.807) is 23.6 Å². The zero-order valence-electron chi connectivity index (χ0n) is 10.7. The highest BCUT2D eigenvalue weighted by Crippen LogP contribution is 2.19. The highest BCUT2D eigenvalue weighted by molar-refractivity contribution is 7.08. The molecule has 3 nitrogen and oxygen atoms in total. The minimum absolute atomic E-state index is 0.0973. The van der Waals surface area contributed by atoms with Gasteiger partial charge in [-0.15, -0.1) is 0 Å². The summed E-state index contributed by atoms with van der Waals surface area (Å²) < 4.78 is 28.3. The summed E-state index contributed by atoms with van der Waals surface area (Å²) in [5.74, 6) is -0.0632. The molecule has 106 valence electrons. The minimum Gasteiger partial charge on any atom is -0.435 e. The molecule has 0 aliphatic carbocycles. The highest BCUT2D eigenvalue weighted by Gasteiger charge is 2.12. The zero-order chi connectivity index (χ0) is 14.5. The molecule has 0 aliphatic heterocycles. The van der Waals surface area contributed by atoms with E-state index in [9.17, 15) is 13.6 Å². The number of ether oxygens (including phenoxy) is 1. The smallest absolute Gasteiger partial charge is 0.387 e. The third kappa shape index (κ3) is 3.77. The van der Waals surface area contributed by atoms with Gasteiger partial charge in [0.15, 0.2) is 0 Å². The summed E-state index contributed by atoms with van der Waals surface area (Å²) >= 11 is 1.45. The normalized spacial score (nSPS) is 12.2. The van der Waals surface area contributed by atoms with Crippen molar-refractivity contribution in [1.29, 1.82) is 0 Å². The summed E-state index contributed by atoms with van der Waals surface area (Å²) in [6, 6.07) is 7.73. The van der Waals surface area contributed by atoms with Gasteiger partial charge in [-0.05, 0) is 36.1 Å². The van der Waals surface area contributed by atoms with Crippen molar-refractivity contribution >= 4 is 17.2 Å². The second-order valence-corrected chi connectivity index (χ2v) is 4.93. The van der Waals surface area contributed by atoms with Gasteiger partial charge in [0.2, 0.25) is 0 Å². The minimum atomic E-state index is -2.84. The first-order valence-electron chi connectivity index (χ1n) is 5.94. The molecule has 1 aromatic heterocycles. The Morgan fingerprint density at radius 1 is 1.25 bits per heavy atom. The molecular formula is C14H13F2NO2S. The van der Waals surface area contributed by atoms with Gasteiger partial charge < -0.3 is 10.1 Å². The van der Waals surface area contributed by atoms with Crippen molar-refractivity contribution in [2.75, 3.05) is 0 Å². The van der Waals surface area contributed by atoms with E-state index in [0.29, 0.717) is 5.56 Å². The average Bonchev–Trinajstić information content (AvgIpc) is 2.92. The van der Waals surface area contributed by atoms with Crippen LogP contribution in [0.2, 0.25) is 0 Å². The van der Waals surface area contributed by atoms with Crippen molar-refractivity contribution in [1.82, 2.24) is 5.32 Å². The van der Waals surface area contributed by atoms with Crippen LogP contribution in [0, 0.1) is 0 Å². The van der Waals surface area contributed by atoms with Gasteiger partial charge in [-0.1, -0.05) is 12.1 Å². The molecule has 0 radical (unpaired) electrons. The molecule has 1 N–H and O–H groups in total. The van der Waals surface area contributed by atoms with Gasteiger partial charge in [-0.2, -0.15) is 20.1 Å². The molecule has 1 amide bonds. The largest absolute Gasteiger partial charge is 0.435 e. The monoisotopic (exact) mass is 297 g/mol. The Bertz CT molecular complexity index is 555. The maximum atomic E-state index is 12.0. The van der Waals surface area contributed by atoms with Crippen LogP contribution in [0.4, 0.5) is 8.78 Å². The molecule has 2 rings (SSSR count). The number of hydrogen-bond acceptors (Lipinski definition) is 3. The Kier molecular flexibility index (Phi) is 4.68. The molecular weight excluding hydrogens is 284 g/mol. The topological polar surface area (TPSA) is 38.3 Å². The van der Waals surface area contributed by atoms with E-state index in [1.807, 2.05) is 12.3 Å². The van der Waals surface area contributed by atoms with E-state index in [2.05, 4.69) is 10.1 Å². The molecule has 1 aromatic carbocycles. The Morgan fingerprint density at radius 3 is 2.50 bits per heavy atom. The lowest BCUT2D eigenvalue weighted by Crippen LogP contribution is -2.26. The third-order valence-electron chi connectivity index (χ3n) is 2.74. The first kappa shape index (κ1) is 14.5. The van der Waals surface area contributed by atoms with Crippen LogP contribution in [-0.2, 0) is 0 Å². The van der Waals surface area contributed by atoms with E-state index in [4.69, 9.17) is 0 Å². The molecule has 6 heteroatoms. The Labute approximate surface area is 119 Å². The maximum Gasteiger partial charge on any atom is 0.387 e. The number of carbonyl (C=O) groups excluding carboxylic acids is 1. The van der Waals surface area contributed by atoms with Crippen LogP contribution in [0.5, 0.6) is 5.75 Å². The predicted molar refractivity (Wildman–Crippen MR) is 73.3 cm³/mol. The predicted octanol–water partition coefficient (Wildman–Crippen LogP) is 3.84. The van der Waals surface area contributed by atoms with Crippen LogP contribution in [-0.4, -0.2) is 12.5 Å². The summed E-state index contributed by atoms with van der Waals surface area (Å²) in [6.45, 7) is -1.01. The van der Waals surface area contributed by atoms with Gasteiger partial charge in [0, 0.05) is 5.38 Å². The fourth-order valence-electron chi connectivity index (χ4n) is 1.69. The van der Waals surface area contributed by atoms with Crippen LogP contribution in [0.25, 0.3) is 0 Å². The highest BCUT2D eigenvalue weighted by atomic mass is 32.1. The van der Waals surface area contributed by atoms with Gasteiger partial charge >= 0.3 is 6.61 Å². The van der Waals surface area contributed by atoms with Crippen molar-refractivity contribution in [2.45, 2.75) is 19.6 Å². The average molecular weight is 297 g/mol. The van der Waals surface area contributed by atoms with Crippen molar-refractivity contribution in [3.8, 4) is 5.75 Å². The van der Waals surface area contributed by atoms with Crippen molar-refractivity contribution < 1.29 is 18.3 Å². The van der Waals surface area contributed by atoms with Crippen LogP contribution in [0.1, 0.15) is 28.9 Å². The molecule has 0 saturated heterocycles. The van der Waals surface area contributed by atoms with Crippen molar-refractivity contribution in [3.63, 3.8) is 0 Å². The number of thiophene rings is 1. The van der Waals surface area contributed by atoms with E-state index < -0.39 is 6.61 Å². The zero-order valence-corrected chi connectivity index (χ0v) is 11.5.